The molecule has 1 amide bonds. The smallest absolute Gasteiger partial charge is 0.220 e. The van der Waals surface area contributed by atoms with E-state index in [1.165, 1.54) is 128 Å². The molecule has 0 rings (SSSR count). The zero-order chi connectivity index (χ0) is 33.6. The second-order valence-electron chi connectivity index (χ2n) is 13.3. The van der Waals surface area contributed by atoms with Crippen LogP contribution in [-0.4, -0.2) is 34.9 Å². The largest absolute Gasteiger partial charge is 0.394 e. The van der Waals surface area contributed by atoms with Crippen LogP contribution in [0.1, 0.15) is 194 Å². The fraction of sp³-hybridized carbons (Fsp3) is 0.786. The summed E-state index contributed by atoms with van der Waals surface area (Å²) in [6, 6.07) is -0.643. The van der Waals surface area contributed by atoms with Gasteiger partial charge in [-0.25, -0.2) is 0 Å². The van der Waals surface area contributed by atoms with Gasteiger partial charge in [-0.05, 0) is 64.2 Å². The molecular weight excluding hydrogens is 566 g/mol. The average Bonchev–Trinajstić information content (AvgIpc) is 3.06. The van der Waals surface area contributed by atoms with Crippen LogP contribution in [0.3, 0.4) is 0 Å². The normalized spacial score (nSPS) is 13.6. The van der Waals surface area contributed by atoms with E-state index < -0.39 is 12.1 Å². The number of hydrogen-bond acceptors (Lipinski definition) is 3. The van der Waals surface area contributed by atoms with Gasteiger partial charge in [0.05, 0.1) is 18.8 Å². The summed E-state index contributed by atoms with van der Waals surface area (Å²) in [5.41, 5.74) is 0. The van der Waals surface area contributed by atoms with Gasteiger partial charge in [0.15, 0.2) is 0 Å². The predicted molar refractivity (Wildman–Crippen MR) is 202 cm³/mol. The van der Waals surface area contributed by atoms with Crippen molar-refractivity contribution in [1.29, 1.82) is 0 Å². The van der Waals surface area contributed by atoms with Crippen LogP contribution in [0.5, 0.6) is 0 Å². The third kappa shape index (κ3) is 33.7. The van der Waals surface area contributed by atoms with Crippen molar-refractivity contribution in [1.82, 2.24) is 5.32 Å². The van der Waals surface area contributed by atoms with Crippen LogP contribution < -0.4 is 5.32 Å². The maximum atomic E-state index is 12.3. The molecule has 0 saturated heterocycles. The Morgan fingerprint density at radius 3 is 1.35 bits per heavy atom. The lowest BCUT2D eigenvalue weighted by molar-refractivity contribution is -0.123. The summed E-state index contributed by atoms with van der Waals surface area (Å²) in [7, 11) is 0. The minimum absolute atomic E-state index is 0.0820. The van der Waals surface area contributed by atoms with E-state index in [1.807, 2.05) is 6.08 Å². The molecule has 0 aliphatic carbocycles. The van der Waals surface area contributed by atoms with Crippen molar-refractivity contribution in [3.05, 3.63) is 48.6 Å². The first-order valence-corrected chi connectivity index (χ1v) is 19.9. The van der Waals surface area contributed by atoms with E-state index in [1.54, 1.807) is 6.08 Å². The van der Waals surface area contributed by atoms with Crippen molar-refractivity contribution in [2.45, 2.75) is 206 Å². The lowest BCUT2D eigenvalue weighted by Gasteiger charge is -2.19. The van der Waals surface area contributed by atoms with E-state index in [0.717, 1.165) is 44.9 Å². The molecule has 4 nitrogen and oxygen atoms in total. The van der Waals surface area contributed by atoms with Crippen molar-refractivity contribution in [3.8, 4) is 0 Å². The highest BCUT2D eigenvalue weighted by atomic mass is 16.3. The molecule has 0 aliphatic heterocycles. The first-order chi connectivity index (χ1) is 22.7. The van der Waals surface area contributed by atoms with E-state index >= 15 is 0 Å². The summed E-state index contributed by atoms with van der Waals surface area (Å²) < 4.78 is 0. The molecule has 2 atom stereocenters. The molecule has 0 bridgehead atoms. The highest BCUT2D eigenvalue weighted by Crippen LogP contribution is 2.14. The second kappa shape index (κ2) is 37.8. The van der Waals surface area contributed by atoms with Crippen molar-refractivity contribution in [2.24, 2.45) is 0 Å². The van der Waals surface area contributed by atoms with Crippen molar-refractivity contribution in [2.75, 3.05) is 6.61 Å². The minimum Gasteiger partial charge on any atom is -0.394 e. The topological polar surface area (TPSA) is 69.6 Å². The van der Waals surface area contributed by atoms with Crippen LogP contribution in [0.4, 0.5) is 0 Å². The number of amides is 1. The van der Waals surface area contributed by atoms with Crippen LogP contribution in [0, 0.1) is 0 Å². The number of aliphatic hydroxyl groups is 2. The van der Waals surface area contributed by atoms with Crippen LogP contribution in [0.15, 0.2) is 48.6 Å². The summed E-state index contributed by atoms with van der Waals surface area (Å²) in [4.78, 5) is 12.3. The Balaban J connectivity index is 3.57. The van der Waals surface area contributed by atoms with Crippen LogP contribution in [0.25, 0.3) is 0 Å². The summed E-state index contributed by atoms with van der Waals surface area (Å²) in [6.07, 6.45) is 50.7. The second-order valence-corrected chi connectivity index (χ2v) is 13.3. The molecule has 0 radical (unpaired) electrons. The molecule has 0 aromatic carbocycles. The predicted octanol–water partition coefficient (Wildman–Crippen LogP) is 12.0. The van der Waals surface area contributed by atoms with Gasteiger partial charge in [0.1, 0.15) is 0 Å². The van der Waals surface area contributed by atoms with Crippen molar-refractivity contribution < 1.29 is 15.0 Å². The SMILES string of the molecule is CCC/C=C/CC/C=C/CC/C=C/C(O)C(CO)NC(=O)CCCCCCCCCCCCC/C=C\CCCCCCCCCC. The van der Waals surface area contributed by atoms with Gasteiger partial charge in [0.25, 0.3) is 0 Å². The molecule has 46 heavy (non-hydrogen) atoms. The Kier molecular flexibility index (Phi) is 36.4. The number of carbonyl (C=O) groups excluding carboxylic acids is 1. The lowest BCUT2D eigenvalue weighted by Crippen LogP contribution is -2.45. The Bertz CT molecular complexity index is 741. The van der Waals surface area contributed by atoms with Gasteiger partial charge < -0.3 is 15.5 Å². The molecule has 3 N–H and O–H groups in total. The molecule has 0 aromatic rings. The molecule has 0 fully saturated rings. The minimum atomic E-state index is -0.868. The van der Waals surface area contributed by atoms with Gasteiger partial charge in [0.2, 0.25) is 5.91 Å². The molecule has 0 aromatic heterocycles. The Morgan fingerprint density at radius 2 is 0.891 bits per heavy atom. The molecule has 4 heteroatoms. The molecular formula is C42H77NO3. The van der Waals surface area contributed by atoms with Crippen molar-refractivity contribution >= 4 is 5.91 Å². The van der Waals surface area contributed by atoms with Crippen LogP contribution in [0.2, 0.25) is 0 Å². The van der Waals surface area contributed by atoms with Gasteiger partial charge in [-0.15, -0.1) is 0 Å². The number of carbonyl (C=O) groups is 1. The van der Waals surface area contributed by atoms with Crippen LogP contribution >= 0.6 is 0 Å². The van der Waals surface area contributed by atoms with Gasteiger partial charge in [-0.2, -0.15) is 0 Å². The zero-order valence-corrected chi connectivity index (χ0v) is 30.6. The molecule has 0 heterocycles. The Hall–Kier alpha value is -1.65. The quantitative estimate of drug-likeness (QED) is 0.0475. The maximum Gasteiger partial charge on any atom is 0.220 e. The number of aliphatic hydroxyl groups excluding tert-OH is 2. The van der Waals surface area contributed by atoms with Gasteiger partial charge in [-0.3, -0.25) is 4.79 Å². The molecule has 2 unspecified atom stereocenters. The number of rotatable bonds is 35. The van der Waals surface area contributed by atoms with Crippen molar-refractivity contribution in [3.63, 3.8) is 0 Å². The summed E-state index contributed by atoms with van der Waals surface area (Å²) in [5, 5.41) is 22.8. The maximum absolute atomic E-state index is 12.3. The molecule has 0 aliphatic rings. The third-order valence-corrected chi connectivity index (χ3v) is 8.74. The monoisotopic (exact) mass is 644 g/mol. The van der Waals surface area contributed by atoms with Gasteiger partial charge >= 0.3 is 0 Å². The van der Waals surface area contributed by atoms with Gasteiger partial charge in [0, 0.05) is 6.42 Å². The fourth-order valence-electron chi connectivity index (χ4n) is 5.68. The van der Waals surface area contributed by atoms with E-state index in [4.69, 9.17) is 0 Å². The van der Waals surface area contributed by atoms with Gasteiger partial charge in [-0.1, -0.05) is 172 Å². The summed E-state index contributed by atoms with van der Waals surface area (Å²) in [5.74, 6) is -0.0820. The standard InChI is InChI=1S/C42H77NO3/c1-3-5-7-9-11-13-15-16-17-18-19-20-21-22-23-24-25-26-28-30-32-34-36-38-42(46)43-40(39-44)41(45)37-35-33-31-29-27-14-12-10-8-6-4-2/h8,10,18-19,27,29,35,37,40-41,44-45H,3-7,9,11-17,20-26,28,30-34,36,38-39H2,1-2H3,(H,43,46)/b10-8+,19-18-,29-27+,37-35+. The molecule has 268 valence electrons. The number of nitrogens with one attached hydrogen (secondary N) is 1. The average molecular weight is 644 g/mol. The van der Waals surface area contributed by atoms with E-state index in [2.05, 4.69) is 55.6 Å². The van der Waals surface area contributed by atoms with E-state index in [0.29, 0.717) is 6.42 Å². The first kappa shape index (κ1) is 44.4. The Labute approximate surface area is 286 Å². The Morgan fingerprint density at radius 1 is 0.500 bits per heavy atom. The number of allylic oxidation sites excluding steroid dienone is 7. The van der Waals surface area contributed by atoms with E-state index in [9.17, 15) is 15.0 Å². The van der Waals surface area contributed by atoms with Crippen LogP contribution in [-0.2, 0) is 4.79 Å². The number of unbranched alkanes of at least 4 members (excludes halogenated alkanes) is 22. The summed E-state index contributed by atoms with van der Waals surface area (Å²) >= 11 is 0. The highest BCUT2D eigenvalue weighted by molar-refractivity contribution is 5.76. The molecule has 0 spiro atoms. The highest BCUT2D eigenvalue weighted by Gasteiger charge is 2.17. The third-order valence-electron chi connectivity index (χ3n) is 8.74. The fourth-order valence-corrected chi connectivity index (χ4v) is 5.68. The van der Waals surface area contributed by atoms with E-state index in [-0.39, 0.29) is 12.5 Å². The first-order valence-electron chi connectivity index (χ1n) is 19.9. The summed E-state index contributed by atoms with van der Waals surface area (Å²) in [6.45, 7) is 4.21. The zero-order valence-electron chi connectivity index (χ0n) is 30.6. The number of hydrogen-bond donors (Lipinski definition) is 3. The lowest BCUT2D eigenvalue weighted by atomic mass is 10.0. The molecule has 0 saturated carbocycles.